The van der Waals surface area contributed by atoms with Crippen molar-refractivity contribution in [3.63, 3.8) is 0 Å². The van der Waals surface area contributed by atoms with Crippen LogP contribution in [0.5, 0.6) is 0 Å². The molecule has 1 unspecified atom stereocenters. The Morgan fingerprint density at radius 1 is 1.28 bits per heavy atom. The predicted molar refractivity (Wildman–Crippen MR) is 77.2 cm³/mol. The molecule has 0 spiro atoms. The van der Waals surface area contributed by atoms with Gasteiger partial charge < -0.3 is 0 Å². The summed E-state index contributed by atoms with van der Waals surface area (Å²) in [5.41, 5.74) is 0.943. The predicted octanol–water partition coefficient (Wildman–Crippen LogP) is 3.12. The Bertz CT molecular complexity index is 609. The van der Waals surface area contributed by atoms with Crippen LogP contribution in [0.15, 0.2) is 41.1 Å². The highest BCUT2D eigenvalue weighted by Gasteiger charge is 2.18. The molecule has 18 heavy (non-hydrogen) atoms. The monoisotopic (exact) mass is 260 g/mol. The summed E-state index contributed by atoms with van der Waals surface area (Å²) in [6, 6.07) is 7.89. The van der Waals surface area contributed by atoms with Gasteiger partial charge >= 0.3 is 0 Å². The Morgan fingerprint density at radius 2 is 2.06 bits per heavy atom. The molecule has 0 radical (unpaired) electrons. The number of hydrogen-bond acceptors (Lipinski definition) is 2. The fourth-order valence-electron chi connectivity index (χ4n) is 1.51. The van der Waals surface area contributed by atoms with Crippen LogP contribution >= 0.6 is 0 Å². The van der Waals surface area contributed by atoms with Crippen molar-refractivity contribution in [2.24, 2.45) is 4.40 Å². The van der Waals surface area contributed by atoms with Crippen LogP contribution in [-0.2, 0) is 11.0 Å². The summed E-state index contributed by atoms with van der Waals surface area (Å²) in [4.78, 5) is 4.11. The Balaban J connectivity index is 2.38. The molecule has 0 N–H and O–H groups in total. The SMILES string of the molecule is CC(C)(C)S(=O)N=Cc1cccc2ccncc12. The molecule has 2 aromatic rings. The number of pyridine rings is 1. The number of hydrogen-bond donors (Lipinski definition) is 0. The first-order valence-corrected chi connectivity index (χ1v) is 6.88. The minimum absolute atomic E-state index is 0.334. The molecule has 0 bridgehead atoms. The lowest BCUT2D eigenvalue weighted by Crippen LogP contribution is -2.19. The lowest BCUT2D eigenvalue weighted by atomic mass is 10.1. The van der Waals surface area contributed by atoms with Crippen LogP contribution in [0.4, 0.5) is 0 Å². The van der Waals surface area contributed by atoms with Crippen LogP contribution < -0.4 is 0 Å². The summed E-state index contributed by atoms with van der Waals surface area (Å²) < 4.78 is 15.7. The average molecular weight is 260 g/mol. The quantitative estimate of drug-likeness (QED) is 0.779. The molecule has 1 aromatic carbocycles. The summed E-state index contributed by atoms with van der Waals surface area (Å²) in [7, 11) is -1.23. The Hall–Kier alpha value is -1.55. The van der Waals surface area contributed by atoms with Gasteiger partial charge in [0.2, 0.25) is 0 Å². The van der Waals surface area contributed by atoms with Gasteiger partial charge in [0.05, 0.1) is 4.75 Å². The van der Waals surface area contributed by atoms with E-state index in [1.807, 2.05) is 45.0 Å². The maximum Gasteiger partial charge on any atom is 0.144 e. The number of aromatic nitrogens is 1. The van der Waals surface area contributed by atoms with Crippen LogP contribution in [0.1, 0.15) is 26.3 Å². The van der Waals surface area contributed by atoms with E-state index in [9.17, 15) is 4.21 Å². The number of rotatable bonds is 2. The van der Waals surface area contributed by atoms with Crippen molar-refractivity contribution in [2.45, 2.75) is 25.5 Å². The fourth-order valence-corrected chi connectivity index (χ4v) is 2.04. The van der Waals surface area contributed by atoms with Crippen LogP contribution in [0, 0.1) is 0 Å². The molecule has 3 nitrogen and oxygen atoms in total. The second kappa shape index (κ2) is 4.98. The zero-order valence-electron chi connectivity index (χ0n) is 10.8. The van der Waals surface area contributed by atoms with Gasteiger partial charge in [0.25, 0.3) is 0 Å². The zero-order valence-corrected chi connectivity index (χ0v) is 11.6. The first-order chi connectivity index (χ1) is 8.48. The van der Waals surface area contributed by atoms with Crippen molar-refractivity contribution < 1.29 is 4.21 Å². The van der Waals surface area contributed by atoms with Crippen LogP contribution in [0.3, 0.4) is 0 Å². The van der Waals surface area contributed by atoms with Gasteiger partial charge in [-0.25, -0.2) is 4.21 Å². The van der Waals surface area contributed by atoms with Crippen molar-refractivity contribution >= 4 is 28.0 Å². The summed E-state index contributed by atoms with van der Waals surface area (Å²) in [6.07, 6.45) is 5.23. The van der Waals surface area contributed by atoms with Crippen molar-refractivity contribution in [1.82, 2.24) is 4.98 Å². The van der Waals surface area contributed by atoms with E-state index in [2.05, 4.69) is 9.38 Å². The average Bonchev–Trinajstić information content (AvgIpc) is 2.34. The minimum Gasteiger partial charge on any atom is -0.264 e. The Labute approximate surface area is 110 Å². The van der Waals surface area contributed by atoms with Crippen molar-refractivity contribution in [2.75, 3.05) is 0 Å². The van der Waals surface area contributed by atoms with Crippen molar-refractivity contribution in [3.05, 3.63) is 42.2 Å². The number of nitrogens with zero attached hydrogens (tertiary/aromatic N) is 2. The highest BCUT2D eigenvalue weighted by molar-refractivity contribution is 7.85. The van der Waals surface area contributed by atoms with Gasteiger partial charge in [0, 0.05) is 29.6 Å². The highest BCUT2D eigenvalue weighted by atomic mass is 32.2. The summed E-state index contributed by atoms with van der Waals surface area (Å²) in [5, 5.41) is 2.13. The summed E-state index contributed by atoms with van der Waals surface area (Å²) >= 11 is 0. The highest BCUT2D eigenvalue weighted by Crippen LogP contribution is 2.17. The maximum absolute atomic E-state index is 11.9. The third-order valence-corrected chi connectivity index (χ3v) is 3.87. The molecule has 0 saturated carbocycles. The molecule has 0 saturated heterocycles. The molecular formula is C14H16N2OS. The van der Waals surface area contributed by atoms with E-state index in [0.29, 0.717) is 0 Å². The Kier molecular flexibility index (Phi) is 3.57. The van der Waals surface area contributed by atoms with E-state index in [1.54, 1.807) is 18.6 Å². The molecule has 1 aromatic heterocycles. The molecule has 4 heteroatoms. The van der Waals surface area contributed by atoms with Crippen LogP contribution in [0.2, 0.25) is 0 Å². The molecule has 94 valence electrons. The second-order valence-electron chi connectivity index (χ2n) is 5.04. The van der Waals surface area contributed by atoms with Gasteiger partial charge in [0.1, 0.15) is 11.0 Å². The van der Waals surface area contributed by atoms with E-state index >= 15 is 0 Å². The number of benzene rings is 1. The molecule has 0 aliphatic heterocycles. The van der Waals surface area contributed by atoms with Gasteiger partial charge in [-0.15, -0.1) is 0 Å². The van der Waals surface area contributed by atoms with E-state index in [0.717, 1.165) is 16.3 Å². The number of fused-ring (bicyclic) bond motifs is 1. The largest absolute Gasteiger partial charge is 0.264 e. The van der Waals surface area contributed by atoms with Gasteiger partial charge in [-0.05, 0) is 32.2 Å². The normalized spacial score (nSPS) is 14.2. The lowest BCUT2D eigenvalue weighted by molar-refractivity contribution is 0.651. The summed E-state index contributed by atoms with van der Waals surface area (Å²) in [6.45, 7) is 5.72. The molecule has 0 aliphatic rings. The summed E-state index contributed by atoms with van der Waals surface area (Å²) in [5.74, 6) is 0. The molecular weight excluding hydrogens is 244 g/mol. The third-order valence-electron chi connectivity index (χ3n) is 2.53. The molecule has 1 atom stereocenters. The topological polar surface area (TPSA) is 42.3 Å². The molecule has 2 rings (SSSR count). The molecule has 1 heterocycles. The van der Waals surface area contributed by atoms with Gasteiger partial charge in [-0.3, -0.25) is 4.98 Å². The zero-order chi connectivity index (χ0) is 13.2. The second-order valence-corrected chi connectivity index (χ2v) is 6.97. The fraction of sp³-hybridized carbons (Fsp3) is 0.286. The first kappa shape index (κ1) is 12.9. The standard InChI is InChI=1S/C14H16N2OS/c1-14(2,3)18(17)16-9-12-6-4-5-11-7-8-15-10-13(11)12/h4-10H,1-3H3. The molecule has 0 amide bonds. The van der Waals surface area contributed by atoms with Crippen LogP contribution in [-0.4, -0.2) is 20.2 Å². The van der Waals surface area contributed by atoms with E-state index < -0.39 is 11.0 Å². The van der Waals surface area contributed by atoms with E-state index in [1.165, 1.54) is 0 Å². The van der Waals surface area contributed by atoms with Gasteiger partial charge in [0.15, 0.2) is 0 Å². The maximum atomic E-state index is 11.9. The first-order valence-electron chi connectivity index (χ1n) is 5.77. The van der Waals surface area contributed by atoms with Crippen LogP contribution in [0.25, 0.3) is 10.8 Å². The van der Waals surface area contributed by atoms with Crippen molar-refractivity contribution in [1.29, 1.82) is 0 Å². The molecule has 0 fully saturated rings. The third kappa shape index (κ3) is 2.82. The van der Waals surface area contributed by atoms with Gasteiger partial charge in [-0.2, -0.15) is 4.40 Å². The minimum atomic E-state index is -1.23. The molecule has 0 aliphatic carbocycles. The Morgan fingerprint density at radius 3 is 2.78 bits per heavy atom. The van der Waals surface area contributed by atoms with Crippen molar-refractivity contribution in [3.8, 4) is 0 Å². The van der Waals surface area contributed by atoms with Gasteiger partial charge in [-0.1, -0.05) is 18.2 Å². The lowest BCUT2D eigenvalue weighted by Gasteiger charge is -2.12. The smallest absolute Gasteiger partial charge is 0.144 e. The van der Waals surface area contributed by atoms with E-state index in [-0.39, 0.29) is 4.75 Å². The van der Waals surface area contributed by atoms with E-state index in [4.69, 9.17) is 0 Å².